The van der Waals surface area contributed by atoms with Gasteiger partial charge in [-0.05, 0) is 30.3 Å². The Morgan fingerprint density at radius 1 is 1.16 bits per heavy atom. The highest BCUT2D eigenvalue weighted by Gasteiger charge is 2.12. The Morgan fingerprint density at radius 3 is 2.64 bits per heavy atom. The second-order valence-corrected chi connectivity index (χ2v) is 5.88. The van der Waals surface area contributed by atoms with Crippen LogP contribution in [0.15, 0.2) is 53.4 Å². The predicted octanol–water partition coefficient (Wildman–Crippen LogP) is 3.84. The van der Waals surface area contributed by atoms with Crippen molar-refractivity contribution in [1.29, 1.82) is 0 Å². The second-order valence-electron chi connectivity index (χ2n) is 4.85. The molecular formula is C17H16F2N2O3S. The molecule has 0 aliphatic carbocycles. The first-order chi connectivity index (χ1) is 12.0. The van der Waals surface area contributed by atoms with E-state index in [1.165, 1.54) is 13.2 Å². The van der Waals surface area contributed by atoms with Crippen LogP contribution < -0.4 is 10.6 Å². The Bertz CT molecular complexity index is 756. The van der Waals surface area contributed by atoms with Crippen molar-refractivity contribution in [3.8, 4) is 0 Å². The zero-order chi connectivity index (χ0) is 18.2. The summed E-state index contributed by atoms with van der Waals surface area (Å²) in [6, 6.07) is 12.8. The zero-order valence-corrected chi connectivity index (χ0v) is 14.1. The van der Waals surface area contributed by atoms with Crippen molar-refractivity contribution < 1.29 is 23.1 Å². The zero-order valence-electron chi connectivity index (χ0n) is 13.3. The van der Waals surface area contributed by atoms with Crippen LogP contribution in [0.5, 0.6) is 0 Å². The molecule has 25 heavy (non-hydrogen) atoms. The van der Waals surface area contributed by atoms with Gasteiger partial charge in [-0.2, -0.15) is 8.78 Å². The van der Waals surface area contributed by atoms with Gasteiger partial charge < -0.3 is 15.4 Å². The molecule has 0 heterocycles. The smallest absolute Gasteiger partial charge is 0.337 e. The van der Waals surface area contributed by atoms with Gasteiger partial charge in [-0.1, -0.05) is 30.0 Å². The molecule has 0 bridgehead atoms. The van der Waals surface area contributed by atoms with E-state index in [1.54, 1.807) is 42.5 Å². The van der Waals surface area contributed by atoms with Crippen molar-refractivity contribution in [1.82, 2.24) is 0 Å². The number of rotatable bonds is 7. The maximum Gasteiger partial charge on any atom is 0.337 e. The average Bonchev–Trinajstić information content (AvgIpc) is 2.61. The van der Waals surface area contributed by atoms with Crippen molar-refractivity contribution in [2.75, 3.05) is 24.3 Å². The summed E-state index contributed by atoms with van der Waals surface area (Å²) in [5.74, 6) is -3.45. The van der Waals surface area contributed by atoms with Crippen LogP contribution in [-0.2, 0) is 9.53 Å². The Labute approximate surface area is 147 Å². The Morgan fingerprint density at radius 2 is 1.92 bits per heavy atom. The van der Waals surface area contributed by atoms with Crippen LogP contribution in [0.2, 0.25) is 0 Å². The van der Waals surface area contributed by atoms with E-state index >= 15 is 0 Å². The molecule has 0 aromatic heterocycles. The molecule has 0 atom stereocenters. The number of carbonyl (C=O) groups excluding carboxylic acids is 2. The Balaban J connectivity index is 1.97. The summed E-state index contributed by atoms with van der Waals surface area (Å²) in [6.07, 6.45) is 0. The number of methoxy groups -OCH3 is 1. The normalized spacial score (nSPS) is 10.4. The van der Waals surface area contributed by atoms with E-state index in [2.05, 4.69) is 15.4 Å². The van der Waals surface area contributed by atoms with Crippen LogP contribution >= 0.6 is 11.8 Å². The third-order valence-corrected chi connectivity index (χ3v) is 3.90. The van der Waals surface area contributed by atoms with Crippen molar-refractivity contribution in [3.05, 3.63) is 54.1 Å². The molecule has 0 unspecified atom stereocenters. The largest absolute Gasteiger partial charge is 0.465 e. The van der Waals surface area contributed by atoms with E-state index in [-0.39, 0.29) is 6.54 Å². The highest BCUT2D eigenvalue weighted by atomic mass is 32.2. The third kappa shape index (κ3) is 5.75. The molecule has 0 saturated heterocycles. The Kier molecular flexibility index (Phi) is 6.76. The van der Waals surface area contributed by atoms with Gasteiger partial charge in [-0.25, -0.2) is 4.79 Å². The summed E-state index contributed by atoms with van der Waals surface area (Å²) in [5, 5.41) is 5.46. The van der Waals surface area contributed by atoms with Gasteiger partial charge in [0.1, 0.15) is 0 Å². The summed E-state index contributed by atoms with van der Waals surface area (Å²) < 4.78 is 29.7. The number of benzene rings is 2. The number of thioether (sulfide) groups is 1. The van der Waals surface area contributed by atoms with Gasteiger partial charge in [0, 0.05) is 10.6 Å². The lowest BCUT2D eigenvalue weighted by molar-refractivity contribution is -0.114. The molecule has 0 radical (unpaired) electrons. The molecule has 2 rings (SSSR count). The van der Waals surface area contributed by atoms with Gasteiger partial charge in [0.05, 0.1) is 24.9 Å². The fraction of sp³-hybridized carbons (Fsp3) is 0.176. The van der Waals surface area contributed by atoms with Gasteiger partial charge in [0.2, 0.25) is 5.91 Å². The number of nitrogens with one attached hydrogen (secondary N) is 2. The van der Waals surface area contributed by atoms with Crippen LogP contribution in [0.4, 0.5) is 20.2 Å². The maximum atomic E-state index is 12.5. The molecule has 8 heteroatoms. The molecule has 132 valence electrons. The quantitative estimate of drug-likeness (QED) is 0.576. The first kappa shape index (κ1) is 18.7. The third-order valence-electron chi connectivity index (χ3n) is 3.11. The summed E-state index contributed by atoms with van der Waals surface area (Å²) >= 11 is 0.369. The summed E-state index contributed by atoms with van der Waals surface area (Å²) in [7, 11) is 1.28. The van der Waals surface area contributed by atoms with Crippen LogP contribution in [0.3, 0.4) is 0 Å². The van der Waals surface area contributed by atoms with E-state index in [4.69, 9.17) is 0 Å². The molecule has 0 aliphatic heterocycles. The monoisotopic (exact) mass is 366 g/mol. The number of hydrogen-bond donors (Lipinski definition) is 2. The minimum atomic E-state index is -2.57. The number of para-hydroxylation sites is 1. The lowest BCUT2D eigenvalue weighted by atomic mass is 10.2. The summed E-state index contributed by atoms with van der Waals surface area (Å²) in [5.41, 5.74) is 1.24. The average molecular weight is 366 g/mol. The maximum absolute atomic E-state index is 12.5. The number of alkyl halides is 2. The van der Waals surface area contributed by atoms with Crippen LogP contribution in [0.1, 0.15) is 10.4 Å². The van der Waals surface area contributed by atoms with E-state index in [9.17, 15) is 18.4 Å². The van der Waals surface area contributed by atoms with E-state index in [0.29, 0.717) is 33.6 Å². The number of carbonyl (C=O) groups is 2. The minimum Gasteiger partial charge on any atom is -0.465 e. The highest BCUT2D eigenvalue weighted by Crippen LogP contribution is 2.31. The van der Waals surface area contributed by atoms with Crippen LogP contribution in [0, 0.1) is 0 Å². The molecule has 2 aromatic carbocycles. The van der Waals surface area contributed by atoms with Gasteiger partial charge in [0.15, 0.2) is 0 Å². The highest BCUT2D eigenvalue weighted by molar-refractivity contribution is 7.99. The fourth-order valence-electron chi connectivity index (χ4n) is 2.02. The summed E-state index contributed by atoms with van der Waals surface area (Å²) in [4.78, 5) is 23.8. The second kappa shape index (κ2) is 9.03. The fourth-order valence-corrected chi connectivity index (χ4v) is 2.61. The predicted molar refractivity (Wildman–Crippen MR) is 93.2 cm³/mol. The summed E-state index contributed by atoms with van der Waals surface area (Å²) in [6.45, 7) is -0.0850. The first-order valence-corrected chi connectivity index (χ1v) is 8.13. The molecule has 0 aliphatic rings. The van der Waals surface area contributed by atoms with Crippen molar-refractivity contribution in [2.45, 2.75) is 10.7 Å². The van der Waals surface area contributed by atoms with Gasteiger partial charge >= 0.3 is 5.97 Å². The van der Waals surface area contributed by atoms with Crippen LogP contribution in [0.25, 0.3) is 0 Å². The number of hydrogen-bond acceptors (Lipinski definition) is 5. The van der Waals surface area contributed by atoms with Gasteiger partial charge in [0.25, 0.3) is 5.76 Å². The number of esters is 1. The number of ether oxygens (including phenoxy) is 1. The van der Waals surface area contributed by atoms with E-state index in [0.717, 1.165) is 0 Å². The van der Waals surface area contributed by atoms with Gasteiger partial charge in [-0.15, -0.1) is 0 Å². The molecule has 1 amide bonds. The number of anilines is 2. The molecule has 0 saturated carbocycles. The SMILES string of the molecule is COC(=O)c1cccc(NCC(=O)Nc2ccccc2SC(F)F)c1. The standard InChI is InChI=1S/C17H16F2N2O3S/c1-24-16(23)11-5-4-6-12(9-11)20-10-15(22)21-13-7-2-3-8-14(13)25-17(18)19/h2-9,17,20H,10H2,1H3,(H,21,22). The first-order valence-electron chi connectivity index (χ1n) is 7.25. The van der Waals surface area contributed by atoms with Crippen molar-refractivity contribution >= 4 is 35.0 Å². The number of amides is 1. The van der Waals surface area contributed by atoms with Crippen LogP contribution in [-0.4, -0.2) is 31.3 Å². The molecule has 2 aromatic rings. The Hall–Kier alpha value is -2.61. The minimum absolute atomic E-state index is 0.0850. The lowest BCUT2D eigenvalue weighted by Crippen LogP contribution is -2.22. The topological polar surface area (TPSA) is 67.4 Å². The van der Waals surface area contributed by atoms with E-state index in [1.807, 2.05) is 0 Å². The van der Waals surface area contributed by atoms with E-state index < -0.39 is 17.6 Å². The lowest BCUT2D eigenvalue weighted by Gasteiger charge is -2.11. The molecule has 0 spiro atoms. The van der Waals surface area contributed by atoms with Gasteiger partial charge in [-0.3, -0.25) is 4.79 Å². The molecule has 0 fully saturated rings. The van der Waals surface area contributed by atoms with Crippen molar-refractivity contribution in [2.24, 2.45) is 0 Å². The molecule has 2 N–H and O–H groups in total. The molecular weight excluding hydrogens is 350 g/mol. The molecule has 5 nitrogen and oxygen atoms in total. The number of halogens is 2. The van der Waals surface area contributed by atoms with Crippen molar-refractivity contribution in [3.63, 3.8) is 0 Å².